The molecule has 27 heavy (non-hydrogen) atoms. The number of piperidine rings is 1. The molecule has 10 nitrogen and oxygen atoms in total. The molecule has 3 rings (SSSR count). The molecule has 0 N–H and O–H groups in total. The van der Waals surface area contributed by atoms with Crippen LogP contribution in [0.1, 0.15) is 25.7 Å². The Hall–Kier alpha value is -2.27. The molecule has 3 heterocycles. The van der Waals surface area contributed by atoms with E-state index in [2.05, 4.69) is 9.97 Å². The zero-order valence-electron chi connectivity index (χ0n) is 15.0. The second kappa shape index (κ2) is 8.17. The third-order valence-corrected chi connectivity index (χ3v) is 6.36. The van der Waals surface area contributed by atoms with Crippen LogP contribution in [0.5, 0.6) is 11.8 Å². The molecule has 2 fully saturated rings. The van der Waals surface area contributed by atoms with E-state index in [0.29, 0.717) is 25.3 Å². The van der Waals surface area contributed by atoms with Crippen molar-refractivity contribution in [3.05, 3.63) is 12.4 Å². The molecule has 1 aromatic heterocycles. The summed E-state index contributed by atoms with van der Waals surface area (Å²) in [4.78, 5) is 32.7. The van der Waals surface area contributed by atoms with Crippen LogP contribution in [0.15, 0.2) is 12.4 Å². The molecule has 1 atom stereocenters. The first-order chi connectivity index (χ1) is 12.9. The van der Waals surface area contributed by atoms with Crippen molar-refractivity contribution < 1.29 is 27.5 Å². The SMILES string of the molecule is COc1cncc(OC2CCN(S(=O)(=O)CCN3C(=O)CCCC3=O)C2)n1. The Kier molecular flexibility index (Phi) is 5.90. The lowest BCUT2D eigenvalue weighted by Gasteiger charge is -2.25. The van der Waals surface area contributed by atoms with Gasteiger partial charge in [-0.15, -0.1) is 0 Å². The smallest absolute Gasteiger partial charge is 0.235 e. The number of nitrogens with zero attached hydrogens (tertiary/aromatic N) is 4. The van der Waals surface area contributed by atoms with Gasteiger partial charge in [-0.1, -0.05) is 0 Å². The fourth-order valence-corrected chi connectivity index (χ4v) is 4.54. The van der Waals surface area contributed by atoms with Gasteiger partial charge in [0.1, 0.15) is 6.10 Å². The summed E-state index contributed by atoms with van der Waals surface area (Å²) in [5.41, 5.74) is 0. The van der Waals surface area contributed by atoms with E-state index in [0.717, 1.165) is 4.90 Å². The van der Waals surface area contributed by atoms with Gasteiger partial charge in [-0.3, -0.25) is 19.5 Å². The molecule has 1 unspecified atom stereocenters. The Morgan fingerprint density at radius 1 is 1.19 bits per heavy atom. The van der Waals surface area contributed by atoms with Crippen molar-refractivity contribution >= 4 is 21.8 Å². The van der Waals surface area contributed by atoms with Gasteiger partial charge < -0.3 is 9.47 Å². The van der Waals surface area contributed by atoms with Gasteiger partial charge in [-0.25, -0.2) is 8.42 Å². The number of hydrogen-bond acceptors (Lipinski definition) is 8. The summed E-state index contributed by atoms with van der Waals surface area (Å²) >= 11 is 0. The second-order valence-corrected chi connectivity index (χ2v) is 8.48. The number of ether oxygens (including phenoxy) is 2. The second-order valence-electron chi connectivity index (χ2n) is 6.39. The molecule has 0 saturated carbocycles. The quantitative estimate of drug-likeness (QED) is 0.580. The topological polar surface area (TPSA) is 119 Å². The Labute approximate surface area is 157 Å². The van der Waals surface area contributed by atoms with Gasteiger partial charge in [-0.05, 0) is 12.8 Å². The molecule has 0 radical (unpaired) electrons. The van der Waals surface area contributed by atoms with Gasteiger partial charge in [-0.2, -0.15) is 9.29 Å². The molecule has 0 aliphatic carbocycles. The number of methoxy groups -OCH3 is 1. The van der Waals surface area contributed by atoms with E-state index >= 15 is 0 Å². The van der Waals surface area contributed by atoms with Crippen LogP contribution in [0.25, 0.3) is 0 Å². The Balaban J connectivity index is 1.55. The number of carbonyl (C=O) groups is 2. The molecular formula is C16H22N4O6S. The van der Waals surface area contributed by atoms with E-state index in [4.69, 9.17) is 9.47 Å². The maximum absolute atomic E-state index is 12.6. The van der Waals surface area contributed by atoms with Gasteiger partial charge in [0.15, 0.2) is 0 Å². The van der Waals surface area contributed by atoms with Crippen LogP contribution in [-0.4, -0.2) is 78.0 Å². The molecular weight excluding hydrogens is 376 g/mol. The Bertz CT molecular complexity index is 799. The van der Waals surface area contributed by atoms with Crippen molar-refractivity contribution in [3.63, 3.8) is 0 Å². The normalized spacial score (nSPS) is 21.5. The summed E-state index contributed by atoms with van der Waals surface area (Å²) in [7, 11) is -2.13. The van der Waals surface area contributed by atoms with E-state index in [1.807, 2.05) is 0 Å². The number of imide groups is 1. The maximum atomic E-state index is 12.6. The maximum Gasteiger partial charge on any atom is 0.235 e. The summed E-state index contributed by atoms with van der Waals surface area (Å²) in [5.74, 6) is -0.314. The molecule has 2 saturated heterocycles. The van der Waals surface area contributed by atoms with Crippen molar-refractivity contribution in [1.29, 1.82) is 0 Å². The molecule has 2 aliphatic heterocycles. The summed E-state index contributed by atoms with van der Waals surface area (Å²) in [6.45, 7) is 0.388. The van der Waals surface area contributed by atoms with Gasteiger partial charge in [0, 0.05) is 25.9 Å². The number of aromatic nitrogens is 2. The molecule has 0 spiro atoms. The third-order valence-electron chi connectivity index (χ3n) is 4.54. The molecule has 11 heteroatoms. The first-order valence-electron chi connectivity index (χ1n) is 8.73. The van der Waals surface area contributed by atoms with Crippen LogP contribution in [0.3, 0.4) is 0 Å². The minimum atomic E-state index is -3.60. The fraction of sp³-hybridized carbons (Fsp3) is 0.625. The average molecular weight is 398 g/mol. The van der Waals surface area contributed by atoms with Crippen molar-refractivity contribution in [2.24, 2.45) is 0 Å². The first kappa shape index (κ1) is 19.5. The van der Waals surface area contributed by atoms with Gasteiger partial charge >= 0.3 is 0 Å². The van der Waals surface area contributed by atoms with Crippen LogP contribution < -0.4 is 9.47 Å². The Morgan fingerprint density at radius 3 is 2.59 bits per heavy atom. The fourth-order valence-electron chi connectivity index (χ4n) is 3.09. The first-order valence-corrected chi connectivity index (χ1v) is 10.3. The van der Waals surface area contributed by atoms with Crippen molar-refractivity contribution in [2.45, 2.75) is 31.8 Å². The molecule has 2 amide bonds. The molecule has 1 aromatic rings. The Morgan fingerprint density at radius 2 is 1.89 bits per heavy atom. The minimum absolute atomic E-state index is 0.108. The van der Waals surface area contributed by atoms with Crippen LogP contribution in [0.4, 0.5) is 0 Å². The van der Waals surface area contributed by atoms with Crippen LogP contribution in [0, 0.1) is 0 Å². The lowest BCUT2D eigenvalue weighted by atomic mass is 10.1. The summed E-state index contributed by atoms with van der Waals surface area (Å²) in [6.07, 6.45) is 4.15. The predicted molar refractivity (Wildman–Crippen MR) is 93.5 cm³/mol. The highest BCUT2D eigenvalue weighted by Crippen LogP contribution is 2.21. The van der Waals surface area contributed by atoms with Gasteiger partial charge in [0.05, 0.1) is 31.8 Å². The van der Waals surface area contributed by atoms with E-state index in [9.17, 15) is 18.0 Å². The monoisotopic (exact) mass is 398 g/mol. The number of hydrogen-bond donors (Lipinski definition) is 0. The highest BCUT2D eigenvalue weighted by Gasteiger charge is 2.34. The van der Waals surface area contributed by atoms with E-state index in [1.165, 1.54) is 23.8 Å². The molecule has 0 bridgehead atoms. The summed E-state index contributed by atoms with van der Waals surface area (Å²) in [6, 6.07) is 0. The predicted octanol–water partition coefficient (Wildman–Crippen LogP) is -0.193. The number of carbonyl (C=O) groups excluding carboxylic acids is 2. The standard InChI is InChI=1S/C16H22N4O6S/c1-25-13-9-17-10-14(18-13)26-12-5-6-19(11-12)27(23,24)8-7-20-15(21)3-2-4-16(20)22/h9-10,12H,2-8,11H2,1H3. The molecule has 0 aromatic carbocycles. The molecule has 2 aliphatic rings. The van der Waals surface area contributed by atoms with Crippen molar-refractivity contribution in [2.75, 3.05) is 32.5 Å². The zero-order chi connectivity index (χ0) is 19.4. The highest BCUT2D eigenvalue weighted by atomic mass is 32.2. The van der Waals surface area contributed by atoms with E-state index in [1.54, 1.807) is 0 Å². The van der Waals surface area contributed by atoms with Crippen molar-refractivity contribution in [1.82, 2.24) is 19.2 Å². The van der Waals surface area contributed by atoms with Crippen molar-refractivity contribution in [3.8, 4) is 11.8 Å². The lowest BCUT2D eigenvalue weighted by Crippen LogP contribution is -2.44. The number of likely N-dealkylation sites (tertiary alicyclic amines) is 1. The number of rotatable bonds is 7. The van der Waals surface area contributed by atoms with Crippen LogP contribution in [0.2, 0.25) is 0 Å². The number of amides is 2. The highest BCUT2D eigenvalue weighted by molar-refractivity contribution is 7.89. The number of sulfonamides is 1. The van der Waals surface area contributed by atoms with Gasteiger partial charge in [0.25, 0.3) is 0 Å². The molecule has 148 valence electrons. The van der Waals surface area contributed by atoms with E-state index < -0.39 is 10.0 Å². The zero-order valence-corrected chi connectivity index (χ0v) is 15.9. The summed E-state index contributed by atoms with van der Waals surface area (Å²) in [5, 5.41) is 0. The van der Waals surface area contributed by atoms with Crippen LogP contribution in [-0.2, 0) is 19.6 Å². The van der Waals surface area contributed by atoms with Gasteiger partial charge in [0.2, 0.25) is 33.6 Å². The third kappa shape index (κ3) is 4.72. The minimum Gasteiger partial charge on any atom is -0.480 e. The lowest BCUT2D eigenvalue weighted by molar-refractivity contribution is -0.147. The average Bonchev–Trinajstić information content (AvgIpc) is 3.11. The van der Waals surface area contributed by atoms with E-state index in [-0.39, 0.29) is 55.5 Å². The summed E-state index contributed by atoms with van der Waals surface area (Å²) < 4.78 is 37.1. The van der Waals surface area contributed by atoms with Crippen LogP contribution >= 0.6 is 0 Å². The largest absolute Gasteiger partial charge is 0.480 e.